The zero-order chi connectivity index (χ0) is 19.3. The van der Waals surface area contributed by atoms with Crippen LogP contribution in [0.4, 0.5) is 5.69 Å². The van der Waals surface area contributed by atoms with Gasteiger partial charge in [-0.15, -0.1) is 0 Å². The molecule has 2 aromatic carbocycles. The lowest BCUT2D eigenvalue weighted by Gasteiger charge is -2.18. The molecule has 27 heavy (non-hydrogen) atoms. The second-order valence-electron chi connectivity index (χ2n) is 6.73. The van der Waals surface area contributed by atoms with E-state index in [-0.39, 0.29) is 18.5 Å². The van der Waals surface area contributed by atoms with E-state index in [0.717, 1.165) is 36.4 Å². The molecule has 4 heteroatoms. The van der Waals surface area contributed by atoms with E-state index in [1.165, 1.54) is 19.3 Å². The van der Waals surface area contributed by atoms with Crippen LogP contribution in [-0.4, -0.2) is 19.1 Å². The smallest absolute Gasteiger partial charge is 0.239 e. The first-order valence-electron chi connectivity index (χ1n) is 10.0. The Morgan fingerprint density at radius 2 is 1.70 bits per heavy atom. The summed E-state index contributed by atoms with van der Waals surface area (Å²) in [5.74, 6) is 0.860. The molecule has 1 unspecified atom stereocenters. The van der Waals surface area contributed by atoms with E-state index in [4.69, 9.17) is 4.74 Å². The molecule has 0 spiro atoms. The van der Waals surface area contributed by atoms with E-state index in [0.29, 0.717) is 0 Å². The third-order valence-corrected chi connectivity index (χ3v) is 4.52. The van der Waals surface area contributed by atoms with Gasteiger partial charge in [-0.3, -0.25) is 4.79 Å². The van der Waals surface area contributed by atoms with Crippen molar-refractivity contribution in [1.82, 2.24) is 5.32 Å². The number of carbonyl (C=O) groups excluding carboxylic acids is 1. The van der Waals surface area contributed by atoms with Crippen LogP contribution >= 0.6 is 0 Å². The summed E-state index contributed by atoms with van der Waals surface area (Å²) in [5, 5.41) is 6.25. The van der Waals surface area contributed by atoms with Crippen molar-refractivity contribution in [2.75, 3.05) is 18.5 Å². The summed E-state index contributed by atoms with van der Waals surface area (Å²) in [4.78, 5) is 12.3. The van der Waals surface area contributed by atoms with Gasteiger partial charge in [-0.25, -0.2) is 0 Å². The van der Waals surface area contributed by atoms with Crippen LogP contribution in [-0.2, 0) is 4.79 Å². The van der Waals surface area contributed by atoms with Gasteiger partial charge in [-0.2, -0.15) is 0 Å². The average Bonchev–Trinajstić information content (AvgIpc) is 2.72. The van der Waals surface area contributed by atoms with Crippen molar-refractivity contribution in [3.63, 3.8) is 0 Å². The SMILES string of the molecule is CCCCCCOc1ccc(NCC(=O)NC(CC)c2ccccc2)cc1. The molecule has 4 nitrogen and oxygen atoms in total. The molecule has 0 saturated heterocycles. The second-order valence-corrected chi connectivity index (χ2v) is 6.73. The number of amides is 1. The molecule has 0 fully saturated rings. The fourth-order valence-corrected chi connectivity index (χ4v) is 2.92. The van der Waals surface area contributed by atoms with E-state index < -0.39 is 0 Å². The Hall–Kier alpha value is -2.49. The first-order chi connectivity index (χ1) is 13.2. The number of nitrogens with one attached hydrogen (secondary N) is 2. The maximum absolute atomic E-state index is 12.3. The lowest BCUT2D eigenvalue weighted by Crippen LogP contribution is -2.33. The molecule has 0 aromatic heterocycles. The third kappa shape index (κ3) is 7.73. The van der Waals surface area contributed by atoms with E-state index in [9.17, 15) is 4.79 Å². The van der Waals surface area contributed by atoms with Gasteiger partial charge in [0.05, 0.1) is 19.2 Å². The maximum Gasteiger partial charge on any atom is 0.239 e. The summed E-state index contributed by atoms with van der Waals surface area (Å²) in [6.07, 6.45) is 5.66. The van der Waals surface area contributed by atoms with Crippen LogP contribution in [0.3, 0.4) is 0 Å². The van der Waals surface area contributed by atoms with Crippen molar-refractivity contribution in [2.45, 2.75) is 52.0 Å². The van der Waals surface area contributed by atoms with Crippen LogP contribution in [0.15, 0.2) is 54.6 Å². The summed E-state index contributed by atoms with van der Waals surface area (Å²) < 4.78 is 5.74. The Kier molecular flexibility index (Phi) is 9.25. The fourth-order valence-electron chi connectivity index (χ4n) is 2.92. The van der Waals surface area contributed by atoms with E-state index >= 15 is 0 Å². The monoisotopic (exact) mass is 368 g/mol. The number of ether oxygens (including phenoxy) is 1. The highest BCUT2D eigenvalue weighted by atomic mass is 16.5. The van der Waals surface area contributed by atoms with Gasteiger partial charge in [0.15, 0.2) is 0 Å². The van der Waals surface area contributed by atoms with Crippen LogP contribution < -0.4 is 15.4 Å². The van der Waals surface area contributed by atoms with Crippen LogP contribution in [0.25, 0.3) is 0 Å². The van der Waals surface area contributed by atoms with Crippen LogP contribution in [0.2, 0.25) is 0 Å². The number of benzene rings is 2. The molecule has 0 aliphatic rings. The lowest BCUT2D eigenvalue weighted by atomic mass is 10.0. The Labute approximate surface area is 163 Å². The molecule has 2 aromatic rings. The number of unbranched alkanes of at least 4 members (excludes halogenated alkanes) is 3. The summed E-state index contributed by atoms with van der Waals surface area (Å²) in [7, 11) is 0. The topological polar surface area (TPSA) is 50.4 Å². The molecule has 2 rings (SSSR count). The predicted molar refractivity (Wildman–Crippen MR) is 112 cm³/mol. The first kappa shape index (κ1) is 20.8. The van der Waals surface area contributed by atoms with Crippen molar-refractivity contribution in [3.8, 4) is 5.75 Å². The largest absolute Gasteiger partial charge is 0.494 e. The normalized spacial score (nSPS) is 11.6. The highest BCUT2D eigenvalue weighted by Gasteiger charge is 2.12. The van der Waals surface area contributed by atoms with Gasteiger partial charge in [-0.1, -0.05) is 63.4 Å². The van der Waals surface area contributed by atoms with Gasteiger partial charge in [0.1, 0.15) is 5.75 Å². The van der Waals surface area contributed by atoms with Gasteiger partial charge >= 0.3 is 0 Å². The van der Waals surface area contributed by atoms with Gasteiger partial charge in [0, 0.05) is 5.69 Å². The molecule has 0 aliphatic heterocycles. The number of carbonyl (C=O) groups is 1. The Bertz CT molecular complexity index is 656. The summed E-state index contributed by atoms with van der Waals surface area (Å²) in [6.45, 7) is 5.29. The van der Waals surface area contributed by atoms with Crippen molar-refractivity contribution in [3.05, 3.63) is 60.2 Å². The molecule has 0 radical (unpaired) electrons. The number of hydrogen-bond acceptors (Lipinski definition) is 3. The Balaban J connectivity index is 1.73. The average molecular weight is 369 g/mol. The minimum absolute atomic E-state index is 0.0121. The van der Waals surface area contributed by atoms with Gasteiger partial charge in [0.2, 0.25) is 5.91 Å². The summed E-state index contributed by atoms with van der Waals surface area (Å²) in [5.41, 5.74) is 2.05. The van der Waals surface area contributed by atoms with Crippen molar-refractivity contribution >= 4 is 11.6 Å². The molecule has 0 aliphatic carbocycles. The van der Waals surface area contributed by atoms with Crippen LogP contribution in [0.1, 0.15) is 57.6 Å². The van der Waals surface area contributed by atoms with Crippen molar-refractivity contribution in [2.24, 2.45) is 0 Å². The number of hydrogen-bond donors (Lipinski definition) is 2. The molecule has 0 saturated carbocycles. The minimum atomic E-state index is -0.0121. The van der Waals surface area contributed by atoms with Gasteiger partial charge in [-0.05, 0) is 42.7 Å². The Morgan fingerprint density at radius 1 is 0.963 bits per heavy atom. The standard InChI is InChI=1S/C23H32N2O2/c1-3-5-6-10-17-27-21-15-13-20(14-16-21)24-18-23(26)25-22(4-2)19-11-8-7-9-12-19/h7-9,11-16,22,24H,3-6,10,17-18H2,1-2H3,(H,25,26). The van der Waals surface area contributed by atoms with Gasteiger partial charge in [0.25, 0.3) is 0 Å². The van der Waals surface area contributed by atoms with E-state index in [2.05, 4.69) is 24.5 Å². The second kappa shape index (κ2) is 12.0. The van der Waals surface area contributed by atoms with E-state index in [1.807, 2.05) is 54.6 Å². The quantitative estimate of drug-likeness (QED) is 0.498. The highest BCUT2D eigenvalue weighted by Crippen LogP contribution is 2.17. The first-order valence-corrected chi connectivity index (χ1v) is 10.0. The predicted octanol–water partition coefficient (Wildman–Crippen LogP) is 5.33. The maximum atomic E-state index is 12.3. The zero-order valence-corrected chi connectivity index (χ0v) is 16.5. The van der Waals surface area contributed by atoms with Crippen molar-refractivity contribution < 1.29 is 9.53 Å². The number of anilines is 1. The summed E-state index contributed by atoms with van der Waals surface area (Å²) >= 11 is 0. The molecule has 146 valence electrons. The molecular weight excluding hydrogens is 336 g/mol. The van der Waals surface area contributed by atoms with Crippen LogP contribution in [0.5, 0.6) is 5.75 Å². The fraction of sp³-hybridized carbons (Fsp3) is 0.435. The molecule has 0 heterocycles. The summed E-state index contributed by atoms with van der Waals surface area (Å²) in [6, 6.07) is 17.9. The van der Waals surface area contributed by atoms with Crippen molar-refractivity contribution in [1.29, 1.82) is 0 Å². The highest BCUT2D eigenvalue weighted by molar-refractivity contribution is 5.81. The molecular formula is C23H32N2O2. The van der Waals surface area contributed by atoms with Gasteiger partial charge < -0.3 is 15.4 Å². The molecule has 1 atom stereocenters. The minimum Gasteiger partial charge on any atom is -0.494 e. The third-order valence-electron chi connectivity index (χ3n) is 4.52. The lowest BCUT2D eigenvalue weighted by molar-refractivity contribution is -0.120. The van der Waals surface area contributed by atoms with E-state index in [1.54, 1.807) is 0 Å². The van der Waals surface area contributed by atoms with Crippen LogP contribution in [0, 0.1) is 0 Å². The molecule has 1 amide bonds. The Morgan fingerprint density at radius 3 is 2.37 bits per heavy atom. The molecule has 0 bridgehead atoms. The number of rotatable bonds is 12. The molecule has 2 N–H and O–H groups in total. The zero-order valence-electron chi connectivity index (χ0n) is 16.5.